The molecular weight excluding hydrogens is 280 g/mol. The lowest BCUT2D eigenvalue weighted by Crippen LogP contribution is -2.25. The molecule has 0 atom stereocenters. The molecule has 1 fully saturated rings. The fraction of sp³-hybridized carbons (Fsp3) is 0.412. The maximum Gasteiger partial charge on any atom is 0.274 e. The molecule has 1 aliphatic rings. The third-order valence-corrected chi connectivity index (χ3v) is 4.51. The largest absolute Gasteiger partial charge is 0.312 e. The highest BCUT2D eigenvalue weighted by atomic mass is 16.5. The van der Waals surface area contributed by atoms with E-state index in [2.05, 4.69) is 0 Å². The van der Waals surface area contributed by atoms with Gasteiger partial charge in [-0.15, -0.1) is 0 Å². The van der Waals surface area contributed by atoms with Crippen LogP contribution in [0.25, 0.3) is 10.8 Å². The van der Waals surface area contributed by atoms with Gasteiger partial charge in [0.1, 0.15) is 0 Å². The minimum atomic E-state index is -0.605. The van der Waals surface area contributed by atoms with Gasteiger partial charge < -0.3 is 4.57 Å². The quantitative estimate of drug-likeness (QED) is 0.509. The first kappa shape index (κ1) is 14.8. The summed E-state index contributed by atoms with van der Waals surface area (Å²) in [5.74, 6) is -0.605. The van der Waals surface area contributed by atoms with E-state index in [1.165, 1.54) is 12.8 Å². The highest BCUT2D eigenvalue weighted by Crippen LogP contribution is 2.26. The van der Waals surface area contributed by atoms with Crippen molar-refractivity contribution in [1.29, 1.82) is 0 Å². The summed E-state index contributed by atoms with van der Waals surface area (Å²) in [7, 11) is 0. The van der Waals surface area contributed by atoms with E-state index in [-0.39, 0.29) is 17.2 Å². The highest BCUT2D eigenvalue weighted by molar-refractivity contribution is 5.97. The number of rotatable bonds is 2. The molecule has 22 heavy (non-hydrogen) atoms. The Balaban J connectivity index is 2.07. The predicted molar refractivity (Wildman–Crippen MR) is 84.2 cm³/mol. The molecule has 5 heteroatoms. The van der Waals surface area contributed by atoms with Gasteiger partial charge in [0.05, 0.1) is 0 Å². The van der Waals surface area contributed by atoms with E-state index < -0.39 is 5.91 Å². The average molecular weight is 300 g/mol. The minimum Gasteiger partial charge on any atom is -0.312 e. The summed E-state index contributed by atoms with van der Waals surface area (Å²) < 4.78 is 1.81. The Morgan fingerprint density at radius 3 is 2.55 bits per heavy atom. The molecule has 0 saturated heterocycles. The Bertz CT molecular complexity index is 743. The van der Waals surface area contributed by atoms with Gasteiger partial charge in [-0.05, 0) is 36.4 Å². The Kier molecular flexibility index (Phi) is 4.24. The third-order valence-electron chi connectivity index (χ3n) is 4.51. The standard InChI is InChI=1S/C17H20N2O3/c20-16(18-22)13-8-7-12-9-10-19(17(21)15(12)11-13)14-5-3-1-2-4-6-14/h7-11,14,22H,1-6H2,(H,18,20). The lowest BCUT2D eigenvalue weighted by Gasteiger charge is -2.18. The van der Waals surface area contributed by atoms with Gasteiger partial charge in [-0.2, -0.15) is 0 Å². The van der Waals surface area contributed by atoms with Gasteiger partial charge in [-0.25, -0.2) is 5.48 Å². The number of carbonyl (C=O) groups excluding carboxylic acids is 1. The van der Waals surface area contributed by atoms with Crippen molar-refractivity contribution in [2.24, 2.45) is 0 Å². The number of hydroxylamine groups is 1. The number of aromatic nitrogens is 1. The van der Waals surface area contributed by atoms with Gasteiger partial charge in [-0.3, -0.25) is 14.8 Å². The van der Waals surface area contributed by atoms with Crippen LogP contribution in [0.3, 0.4) is 0 Å². The summed E-state index contributed by atoms with van der Waals surface area (Å²) in [6.07, 6.45) is 8.71. The number of amides is 1. The number of carbonyl (C=O) groups is 1. The minimum absolute atomic E-state index is 0.0583. The molecule has 1 heterocycles. The molecule has 1 aromatic carbocycles. The van der Waals surface area contributed by atoms with Crippen LogP contribution in [0.15, 0.2) is 35.3 Å². The lowest BCUT2D eigenvalue weighted by atomic mass is 10.1. The monoisotopic (exact) mass is 300 g/mol. The van der Waals surface area contributed by atoms with Crippen molar-refractivity contribution < 1.29 is 10.0 Å². The van der Waals surface area contributed by atoms with E-state index >= 15 is 0 Å². The van der Waals surface area contributed by atoms with Crippen molar-refractivity contribution in [3.63, 3.8) is 0 Å². The van der Waals surface area contributed by atoms with Crippen LogP contribution in [0.2, 0.25) is 0 Å². The molecule has 0 radical (unpaired) electrons. The van der Waals surface area contributed by atoms with E-state index in [0.29, 0.717) is 5.39 Å². The molecule has 0 aliphatic heterocycles. The molecular formula is C17H20N2O3. The Hall–Kier alpha value is -2.14. The number of fused-ring (bicyclic) bond motifs is 1. The van der Waals surface area contributed by atoms with Crippen molar-refractivity contribution in [2.45, 2.75) is 44.6 Å². The molecule has 0 spiro atoms. The maximum absolute atomic E-state index is 12.8. The van der Waals surface area contributed by atoms with Gasteiger partial charge in [0.25, 0.3) is 11.5 Å². The van der Waals surface area contributed by atoms with Crippen molar-refractivity contribution in [3.05, 3.63) is 46.4 Å². The number of hydrogen-bond acceptors (Lipinski definition) is 3. The fourth-order valence-electron chi connectivity index (χ4n) is 3.28. The average Bonchev–Trinajstić information content (AvgIpc) is 2.83. The second-order valence-corrected chi connectivity index (χ2v) is 5.92. The molecule has 2 N–H and O–H groups in total. The molecule has 2 aromatic rings. The normalized spacial score (nSPS) is 16.4. The van der Waals surface area contributed by atoms with Gasteiger partial charge in [0.15, 0.2) is 0 Å². The summed E-state index contributed by atoms with van der Waals surface area (Å²) in [5.41, 5.74) is 1.83. The predicted octanol–water partition coefficient (Wildman–Crippen LogP) is 3.02. The highest BCUT2D eigenvalue weighted by Gasteiger charge is 2.16. The summed E-state index contributed by atoms with van der Waals surface area (Å²) in [6, 6.07) is 7.05. The first-order chi connectivity index (χ1) is 10.7. The first-order valence-corrected chi connectivity index (χ1v) is 7.80. The van der Waals surface area contributed by atoms with E-state index in [9.17, 15) is 9.59 Å². The SMILES string of the molecule is O=C(NO)c1ccc2ccn(C3CCCCCC3)c(=O)c2c1. The topological polar surface area (TPSA) is 71.3 Å². The Labute approximate surface area is 128 Å². The van der Waals surface area contributed by atoms with Crippen LogP contribution < -0.4 is 11.0 Å². The molecule has 1 aromatic heterocycles. The molecule has 1 saturated carbocycles. The maximum atomic E-state index is 12.8. The van der Waals surface area contributed by atoms with Crippen LogP contribution in [0, 0.1) is 0 Å². The van der Waals surface area contributed by atoms with Crippen molar-refractivity contribution in [1.82, 2.24) is 10.0 Å². The van der Waals surface area contributed by atoms with Crippen LogP contribution in [-0.2, 0) is 0 Å². The van der Waals surface area contributed by atoms with E-state index in [1.54, 1.807) is 23.7 Å². The van der Waals surface area contributed by atoms with Crippen LogP contribution >= 0.6 is 0 Å². The summed E-state index contributed by atoms with van der Waals surface area (Å²) in [5, 5.41) is 10.1. The van der Waals surface area contributed by atoms with Crippen LogP contribution in [0.1, 0.15) is 54.9 Å². The summed E-state index contributed by atoms with van der Waals surface area (Å²) in [6.45, 7) is 0. The molecule has 1 aliphatic carbocycles. The van der Waals surface area contributed by atoms with Gasteiger partial charge in [0.2, 0.25) is 0 Å². The zero-order chi connectivity index (χ0) is 15.5. The van der Waals surface area contributed by atoms with Crippen molar-refractivity contribution >= 4 is 16.7 Å². The summed E-state index contributed by atoms with van der Waals surface area (Å²) in [4.78, 5) is 24.3. The molecule has 5 nitrogen and oxygen atoms in total. The molecule has 0 unspecified atom stereocenters. The van der Waals surface area contributed by atoms with E-state index in [1.807, 2.05) is 16.8 Å². The Morgan fingerprint density at radius 2 is 1.86 bits per heavy atom. The number of benzene rings is 1. The second kappa shape index (κ2) is 6.32. The Morgan fingerprint density at radius 1 is 1.14 bits per heavy atom. The molecule has 116 valence electrons. The first-order valence-electron chi connectivity index (χ1n) is 7.80. The lowest BCUT2D eigenvalue weighted by molar-refractivity contribution is 0.0706. The van der Waals surface area contributed by atoms with Crippen LogP contribution in [0.4, 0.5) is 0 Å². The van der Waals surface area contributed by atoms with Crippen molar-refractivity contribution in [3.8, 4) is 0 Å². The van der Waals surface area contributed by atoms with Gasteiger partial charge in [0, 0.05) is 23.2 Å². The van der Waals surface area contributed by atoms with Crippen molar-refractivity contribution in [2.75, 3.05) is 0 Å². The fourth-order valence-corrected chi connectivity index (χ4v) is 3.28. The zero-order valence-electron chi connectivity index (χ0n) is 12.4. The second-order valence-electron chi connectivity index (χ2n) is 5.92. The molecule has 0 bridgehead atoms. The summed E-state index contributed by atoms with van der Waals surface area (Å²) >= 11 is 0. The number of pyridine rings is 1. The molecule has 3 rings (SSSR count). The van der Waals surface area contributed by atoms with Gasteiger partial charge >= 0.3 is 0 Å². The number of nitrogens with one attached hydrogen (secondary N) is 1. The number of hydrogen-bond donors (Lipinski definition) is 2. The van der Waals surface area contributed by atoms with Crippen LogP contribution in [-0.4, -0.2) is 15.7 Å². The third kappa shape index (κ3) is 2.76. The van der Waals surface area contributed by atoms with E-state index in [4.69, 9.17) is 5.21 Å². The van der Waals surface area contributed by atoms with Gasteiger partial charge in [-0.1, -0.05) is 31.7 Å². The smallest absolute Gasteiger partial charge is 0.274 e. The number of nitrogens with zero attached hydrogens (tertiary/aromatic N) is 1. The zero-order valence-corrected chi connectivity index (χ0v) is 12.4. The van der Waals surface area contributed by atoms with E-state index in [0.717, 1.165) is 31.1 Å². The van der Waals surface area contributed by atoms with Crippen LogP contribution in [0.5, 0.6) is 0 Å². The molecule has 1 amide bonds.